The highest BCUT2D eigenvalue weighted by atomic mass is 19.3. The fraction of sp³-hybridized carbons (Fsp3) is 0.545. The van der Waals surface area contributed by atoms with Gasteiger partial charge < -0.3 is 14.5 Å². The molecule has 0 atom stereocenters. The number of aryl methyl sites for hydroxylation is 1. The Labute approximate surface area is 203 Å². The van der Waals surface area contributed by atoms with Gasteiger partial charge in [-0.3, -0.25) is 14.7 Å². The van der Waals surface area contributed by atoms with Crippen LogP contribution in [-0.2, 0) is 7.05 Å². The van der Waals surface area contributed by atoms with E-state index in [1.165, 1.54) is 4.68 Å². The van der Waals surface area contributed by atoms with Crippen molar-refractivity contribution in [1.82, 2.24) is 29.9 Å². The Kier molecular flexibility index (Phi) is 6.45. The van der Waals surface area contributed by atoms with E-state index in [9.17, 15) is 22.4 Å². The molecule has 0 amide bonds. The largest absolute Gasteiger partial charge is 0.492 e. The molecule has 36 heavy (non-hydrogen) atoms. The van der Waals surface area contributed by atoms with Crippen LogP contribution >= 0.6 is 0 Å². The topological polar surface area (TPSA) is 95.4 Å². The van der Waals surface area contributed by atoms with E-state index in [0.29, 0.717) is 44.3 Å². The summed E-state index contributed by atoms with van der Waals surface area (Å²) in [5.74, 6) is -3.72. The van der Waals surface area contributed by atoms with Gasteiger partial charge in [0.25, 0.3) is 11.5 Å². The second-order valence-corrected chi connectivity index (χ2v) is 9.03. The quantitative estimate of drug-likeness (QED) is 0.502. The number of benzene rings is 1. The molecule has 10 nitrogen and oxygen atoms in total. The van der Waals surface area contributed by atoms with Crippen molar-refractivity contribution < 1.29 is 22.3 Å². The van der Waals surface area contributed by atoms with Crippen LogP contribution in [-0.4, -0.2) is 88.2 Å². The van der Waals surface area contributed by atoms with Gasteiger partial charge in [-0.05, 0) is 0 Å². The zero-order chi connectivity index (χ0) is 25.4. The van der Waals surface area contributed by atoms with Crippen LogP contribution in [0.25, 0.3) is 11.2 Å². The zero-order valence-corrected chi connectivity index (χ0v) is 19.7. The molecule has 194 valence electrons. The van der Waals surface area contributed by atoms with E-state index in [4.69, 9.17) is 4.74 Å². The fourth-order valence-corrected chi connectivity index (χ4v) is 4.53. The van der Waals surface area contributed by atoms with E-state index in [-0.39, 0.29) is 49.5 Å². The van der Waals surface area contributed by atoms with Gasteiger partial charge in [0.15, 0.2) is 22.8 Å². The summed E-state index contributed by atoms with van der Waals surface area (Å²) in [6.45, 7) is 2.44. The number of fused-ring (bicyclic) bond motifs is 1. The molecule has 5 rings (SSSR count). The molecule has 2 aromatic heterocycles. The summed E-state index contributed by atoms with van der Waals surface area (Å²) in [5.41, 5.74) is -0.0599. The first-order chi connectivity index (χ1) is 17.2. The third-order valence-electron chi connectivity index (χ3n) is 6.60. The van der Waals surface area contributed by atoms with E-state index < -0.39 is 23.1 Å². The van der Waals surface area contributed by atoms with E-state index in [2.05, 4.69) is 20.3 Å². The average Bonchev–Trinajstić information content (AvgIpc) is 3.21. The molecule has 4 heterocycles. The summed E-state index contributed by atoms with van der Waals surface area (Å²) in [5, 5.41) is 7.59. The maximum Gasteiger partial charge on any atom is 0.282 e. The highest BCUT2D eigenvalue weighted by Gasteiger charge is 2.33. The van der Waals surface area contributed by atoms with E-state index in [0.717, 1.165) is 12.1 Å². The highest BCUT2D eigenvalue weighted by Crippen LogP contribution is 2.30. The van der Waals surface area contributed by atoms with Gasteiger partial charge in [0.05, 0.1) is 0 Å². The van der Waals surface area contributed by atoms with Crippen LogP contribution in [0.2, 0.25) is 0 Å². The molecular formula is C22H26F4N8O2. The molecule has 0 spiro atoms. The molecule has 0 aliphatic carbocycles. The number of piperidine rings is 1. The number of H-pyrrole nitrogens is 1. The van der Waals surface area contributed by atoms with E-state index in [1.54, 1.807) is 11.9 Å². The van der Waals surface area contributed by atoms with Crippen molar-refractivity contribution >= 4 is 22.8 Å². The number of hydrogen-bond donors (Lipinski definition) is 1. The molecule has 2 saturated heterocycles. The molecule has 2 aliphatic heterocycles. The van der Waals surface area contributed by atoms with Crippen molar-refractivity contribution in [2.45, 2.75) is 18.8 Å². The summed E-state index contributed by atoms with van der Waals surface area (Å²) in [4.78, 5) is 24.6. The van der Waals surface area contributed by atoms with Crippen LogP contribution < -0.4 is 20.1 Å². The van der Waals surface area contributed by atoms with Gasteiger partial charge in [0, 0.05) is 77.8 Å². The Morgan fingerprint density at radius 3 is 2.33 bits per heavy atom. The van der Waals surface area contributed by atoms with Crippen molar-refractivity contribution in [2.24, 2.45) is 7.05 Å². The predicted molar refractivity (Wildman–Crippen MR) is 124 cm³/mol. The van der Waals surface area contributed by atoms with Crippen molar-refractivity contribution in [3.05, 3.63) is 34.1 Å². The normalized spacial score (nSPS) is 18.7. The van der Waals surface area contributed by atoms with Gasteiger partial charge in [-0.15, -0.1) is 5.10 Å². The first-order valence-corrected chi connectivity index (χ1v) is 11.7. The zero-order valence-electron chi connectivity index (χ0n) is 19.7. The van der Waals surface area contributed by atoms with Crippen LogP contribution in [0.1, 0.15) is 12.8 Å². The Hall–Kier alpha value is -3.42. The second kappa shape index (κ2) is 9.56. The molecule has 14 heteroatoms. The SMILES string of the molecule is Cn1nnc2c(=O)[nH]c(N3CCN(c4c(F)cc(OCCN5CCC(F)(F)CC5)cc4F)CC3)nc21. The molecule has 3 aromatic rings. The lowest BCUT2D eigenvalue weighted by molar-refractivity contribution is -0.0564. The van der Waals surface area contributed by atoms with Crippen molar-refractivity contribution in [3.8, 4) is 5.75 Å². The number of rotatable bonds is 6. The smallest absolute Gasteiger partial charge is 0.282 e. The number of nitrogens with zero attached hydrogens (tertiary/aromatic N) is 7. The third-order valence-corrected chi connectivity index (χ3v) is 6.60. The van der Waals surface area contributed by atoms with Gasteiger partial charge in [-0.2, -0.15) is 4.98 Å². The Bertz CT molecular complexity index is 1270. The molecule has 1 N–H and O–H groups in total. The Balaban J connectivity index is 1.19. The number of ether oxygens (including phenoxy) is 1. The van der Waals surface area contributed by atoms with Crippen LogP contribution in [0.5, 0.6) is 5.75 Å². The number of alkyl halides is 2. The Morgan fingerprint density at radius 1 is 1.03 bits per heavy atom. The van der Waals surface area contributed by atoms with Gasteiger partial charge in [-0.1, -0.05) is 5.21 Å². The lowest BCUT2D eigenvalue weighted by atomic mass is 10.1. The standard InChI is InChI=1S/C22H26F4N8O2/c1-31-19-17(29-30-31)20(35)28-21(27-19)34-8-6-33(7-9-34)18-15(23)12-14(13-16(18)24)36-11-10-32-4-2-22(25,26)3-5-32/h12-13H,2-11H2,1H3,(H,27,28,35). The molecule has 0 bridgehead atoms. The summed E-state index contributed by atoms with van der Waals surface area (Å²) in [6, 6.07) is 2.27. The number of nitrogens with one attached hydrogen (secondary N) is 1. The van der Waals surface area contributed by atoms with Gasteiger partial charge in [-0.25, -0.2) is 22.2 Å². The van der Waals surface area contributed by atoms with E-state index in [1.807, 2.05) is 9.80 Å². The number of anilines is 2. The summed E-state index contributed by atoms with van der Waals surface area (Å²) < 4.78 is 63.2. The minimum atomic E-state index is -2.62. The average molecular weight is 510 g/mol. The molecular weight excluding hydrogens is 484 g/mol. The maximum absolute atomic E-state index is 14.9. The van der Waals surface area contributed by atoms with Crippen LogP contribution in [0, 0.1) is 11.6 Å². The molecule has 1 aromatic carbocycles. The lowest BCUT2D eigenvalue weighted by Gasteiger charge is -2.36. The molecule has 0 radical (unpaired) electrons. The number of piperazine rings is 1. The van der Waals surface area contributed by atoms with Crippen molar-refractivity contribution in [3.63, 3.8) is 0 Å². The minimum absolute atomic E-state index is 0.0505. The lowest BCUT2D eigenvalue weighted by Crippen LogP contribution is -2.48. The van der Waals surface area contributed by atoms with Crippen LogP contribution in [0.15, 0.2) is 16.9 Å². The summed E-state index contributed by atoms with van der Waals surface area (Å²) >= 11 is 0. The van der Waals surface area contributed by atoms with Gasteiger partial charge in [0.2, 0.25) is 5.95 Å². The molecule has 0 saturated carbocycles. The first-order valence-electron chi connectivity index (χ1n) is 11.7. The van der Waals surface area contributed by atoms with Gasteiger partial charge >= 0.3 is 0 Å². The highest BCUT2D eigenvalue weighted by molar-refractivity contribution is 5.69. The number of likely N-dealkylation sites (tertiary alicyclic amines) is 1. The fourth-order valence-electron chi connectivity index (χ4n) is 4.53. The Morgan fingerprint density at radius 2 is 1.67 bits per heavy atom. The van der Waals surface area contributed by atoms with E-state index >= 15 is 0 Å². The molecule has 0 unspecified atom stereocenters. The second-order valence-electron chi connectivity index (χ2n) is 9.03. The number of hydrogen-bond acceptors (Lipinski definition) is 8. The number of aromatic amines is 1. The molecule has 2 fully saturated rings. The summed E-state index contributed by atoms with van der Waals surface area (Å²) in [6.07, 6.45) is -0.390. The monoisotopic (exact) mass is 510 g/mol. The minimum Gasteiger partial charge on any atom is -0.492 e. The summed E-state index contributed by atoms with van der Waals surface area (Å²) in [7, 11) is 1.64. The number of halogens is 4. The number of aromatic nitrogens is 5. The first kappa shape index (κ1) is 24.3. The molecule has 2 aliphatic rings. The third kappa shape index (κ3) is 4.94. The van der Waals surface area contributed by atoms with Gasteiger partial charge in [0.1, 0.15) is 18.0 Å². The van der Waals surface area contributed by atoms with Crippen molar-refractivity contribution in [1.29, 1.82) is 0 Å². The van der Waals surface area contributed by atoms with Crippen LogP contribution in [0.4, 0.5) is 29.2 Å². The predicted octanol–water partition coefficient (Wildman–Crippen LogP) is 1.77. The van der Waals surface area contributed by atoms with Crippen LogP contribution in [0.3, 0.4) is 0 Å². The van der Waals surface area contributed by atoms with Crippen molar-refractivity contribution in [2.75, 3.05) is 62.2 Å². The maximum atomic E-state index is 14.9.